The smallest absolute Gasteiger partial charge is 0.475 e. The van der Waals surface area contributed by atoms with Crippen molar-refractivity contribution in [2.45, 2.75) is 6.18 Å². The van der Waals surface area contributed by atoms with Gasteiger partial charge in [-0.2, -0.15) is 18.4 Å². The molecule has 1 aromatic carbocycles. The summed E-state index contributed by atoms with van der Waals surface area (Å²) in [6, 6.07) is 13.1. The van der Waals surface area contributed by atoms with Crippen LogP contribution in [0.2, 0.25) is 0 Å². The molecule has 0 fully saturated rings. The number of hydrogen-bond donors (Lipinski definition) is 2. The second-order valence-electron chi connectivity index (χ2n) is 5.22. The van der Waals surface area contributed by atoms with E-state index in [1.165, 1.54) is 18.4 Å². The SMILES string of the molecule is N#Cc1c(-c2cccc(F)c2)cc(-c2ccco2)nc1N.O=C(O)C(F)(F)F. The Morgan fingerprint density at radius 2 is 1.89 bits per heavy atom. The molecule has 28 heavy (non-hydrogen) atoms. The first-order chi connectivity index (χ1) is 13.1. The predicted molar refractivity (Wildman–Crippen MR) is 90.2 cm³/mol. The minimum Gasteiger partial charge on any atom is -0.475 e. The fourth-order valence-electron chi connectivity index (χ4n) is 2.12. The number of rotatable bonds is 2. The number of carboxylic acids is 1. The number of pyridine rings is 1. The van der Waals surface area contributed by atoms with Crippen molar-refractivity contribution in [1.82, 2.24) is 4.98 Å². The summed E-state index contributed by atoms with van der Waals surface area (Å²) >= 11 is 0. The Kier molecular flexibility index (Phi) is 6.00. The Bertz CT molecular complexity index is 1030. The summed E-state index contributed by atoms with van der Waals surface area (Å²) in [6.07, 6.45) is -3.56. The van der Waals surface area contributed by atoms with Crippen LogP contribution in [0.1, 0.15) is 5.56 Å². The van der Waals surface area contributed by atoms with E-state index in [9.17, 15) is 22.8 Å². The van der Waals surface area contributed by atoms with Crippen molar-refractivity contribution >= 4 is 11.8 Å². The Morgan fingerprint density at radius 1 is 1.21 bits per heavy atom. The second kappa shape index (κ2) is 8.22. The maximum absolute atomic E-state index is 13.4. The second-order valence-corrected chi connectivity index (χ2v) is 5.22. The molecule has 0 spiro atoms. The van der Waals surface area contributed by atoms with Crippen molar-refractivity contribution in [2.75, 3.05) is 5.73 Å². The van der Waals surface area contributed by atoms with Crippen LogP contribution in [0.15, 0.2) is 53.1 Å². The number of aliphatic carboxylic acids is 1. The summed E-state index contributed by atoms with van der Waals surface area (Å²) in [4.78, 5) is 13.1. The average molecular weight is 393 g/mol. The number of anilines is 1. The van der Waals surface area contributed by atoms with Crippen LogP contribution in [0.3, 0.4) is 0 Å². The van der Waals surface area contributed by atoms with Crippen LogP contribution in [0.25, 0.3) is 22.6 Å². The number of alkyl halides is 3. The lowest BCUT2D eigenvalue weighted by molar-refractivity contribution is -0.192. The van der Waals surface area contributed by atoms with Crippen LogP contribution in [-0.2, 0) is 4.79 Å². The number of hydrogen-bond acceptors (Lipinski definition) is 5. The topological polar surface area (TPSA) is 113 Å². The zero-order valence-corrected chi connectivity index (χ0v) is 13.9. The van der Waals surface area contributed by atoms with Crippen LogP contribution in [-0.4, -0.2) is 22.2 Å². The number of furan rings is 1. The van der Waals surface area contributed by atoms with Gasteiger partial charge in [0.25, 0.3) is 0 Å². The lowest BCUT2D eigenvalue weighted by Gasteiger charge is -2.09. The maximum Gasteiger partial charge on any atom is 0.490 e. The molecule has 0 radical (unpaired) electrons. The van der Waals surface area contributed by atoms with Gasteiger partial charge in [-0.1, -0.05) is 12.1 Å². The molecular weight excluding hydrogens is 382 g/mol. The van der Waals surface area contributed by atoms with Crippen LogP contribution < -0.4 is 5.73 Å². The Labute approximate surface area is 155 Å². The van der Waals surface area contributed by atoms with E-state index in [1.54, 1.807) is 30.3 Å². The highest BCUT2D eigenvalue weighted by Gasteiger charge is 2.38. The van der Waals surface area contributed by atoms with E-state index in [0.29, 0.717) is 22.6 Å². The van der Waals surface area contributed by atoms with E-state index in [1.807, 2.05) is 6.07 Å². The van der Waals surface area contributed by atoms with Crippen molar-refractivity contribution in [3.63, 3.8) is 0 Å². The van der Waals surface area contributed by atoms with Gasteiger partial charge in [-0.15, -0.1) is 0 Å². The van der Waals surface area contributed by atoms with Crippen LogP contribution in [0.4, 0.5) is 23.4 Å². The first-order valence-electron chi connectivity index (χ1n) is 7.44. The zero-order chi connectivity index (χ0) is 20.9. The Morgan fingerprint density at radius 3 is 2.39 bits per heavy atom. The number of nitriles is 1. The summed E-state index contributed by atoms with van der Waals surface area (Å²) in [5, 5.41) is 16.4. The van der Waals surface area contributed by atoms with Gasteiger partial charge < -0.3 is 15.3 Å². The van der Waals surface area contributed by atoms with Crippen molar-refractivity contribution in [3.05, 3.63) is 60.1 Å². The number of nitrogens with zero attached hydrogens (tertiary/aromatic N) is 2. The number of aromatic nitrogens is 1. The van der Waals surface area contributed by atoms with E-state index in [0.717, 1.165) is 0 Å². The molecule has 2 heterocycles. The molecule has 6 nitrogen and oxygen atoms in total. The van der Waals surface area contributed by atoms with Crippen LogP contribution in [0, 0.1) is 17.1 Å². The summed E-state index contributed by atoms with van der Waals surface area (Å²) < 4.78 is 50.4. The fraction of sp³-hybridized carbons (Fsp3) is 0.0556. The number of halogens is 4. The molecule has 3 rings (SSSR count). The first kappa shape index (κ1) is 20.4. The largest absolute Gasteiger partial charge is 0.490 e. The van der Waals surface area contributed by atoms with Crippen LogP contribution >= 0.6 is 0 Å². The number of nitrogen functional groups attached to an aromatic ring is 1. The molecule has 10 heteroatoms. The van der Waals surface area contributed by atoms with Gasteiger partial charge >= 0.3 is 12.1 Å². The van der Waals surface area contributed by atoms with Gasteiger partial charge in [-0.05, 0) is 35.9 Å². The highest BCUT2D eigenvalue weighted by Crippen LogP contribution is 2.31. The molecule has 0 aliphatic heterocycles. The molecule has 0 aliphatic rings. The highest BCUT2D eigenvalue weighted by atomic mass is 19.4. The van der Waals surface area contributed by atoms with E-state index < -0.39 is 12.1 Å². The van der Waals surface area contributed by atoms with E-state index >= 15 is 0 Å². The molecule has 144 valence electrons. The molecule has 0 unspecified atom stereocenters. The number of benzene rings is 1. The molecule has 3 N–H and O–H groups in total. The summed E-state index contributed by atoms with van der Waals surface area (Å²) in [5.74, 6) is -2.52. The molecule has 0 amide bonds. The van der Waals surface area contributed by atoms with Gasteiger partial charge in [0.2, 0.25) is 0 Å². The van der Waals surface area contributed by atoms with E-state index in [2.05, 4.69) is 4.98 Å². The highest BCUT2D eigenvalue weighted by molar-refractivity contribution is 5.79. The normalized spacial score (nSPS) is 10.5. The minimum atomic E-state index is -5.08. The molecule has 0 saturated carbocycles. The monoisotopic (exact) mass is 393 g/mol. The lowest BCUT2D eigenvalue weighted by atomic mass is 10.00. The molecular formula is C18H11F4N3O3. The standard InChI is InChI=1S/C16H10FN3O.C2HF3O2/c17-11-4-1-3-10(7-11)12-8-14(15-5-2-6-21-15)20-16(19)13(12)9-18;3-2(4,5)1(6)7/h1-8H,(H2,19,20);(H,6,7). The molecule has 0 aliphatic carbocycles. The third-order valence-electron chi connectivity index (χ3n) is 3.31. The van der Waals surface area contributed by atoms with Gasteiger partial charge in [0, 0.05) is 5.56 Å². The molecule has 0 saturated heterocycles. The number of carbonyl (C=O) groups is 1. The molecule has 3 aromatic rings. The lowest BCUT2D eigenvalue weighted by Crippen LogP contribution is -2.21. The molecule has 2 aromatic heterocycles. The van der Waals surface area contributed by atoms with Gasteiger partial charge in [-0.3, -0.25) is 0 Å². The van der Waals surface area contributed by atoms with Crippen molar-refractivity contribution in [2.24, 2.45) is 0 Å². The van der Waals surface area contributed by atoms with Gasteiger partial charge in [-0.25, -0.2) is 14.2 Å². The van der Waals surface area contributed by atoms with Crippen molar-refractivity contribution < 1.29 is 31.9 Å². The van der Waals surface area contributed by atoms with Gasteiger partial charge in [0.1, 0.15) is 29.0 Å². The maximum atomic E-state index is 13.4. The number of nitrogens with two attached hydrogens (primary N) is 1. The Balaban J connectivity index is 0.000000345. The third-order valence-corrected chi connectivity index (χ3v) is 3.31. The van der Waals surface area contributed by atoms with Crippen molar-refractivity contribution in [3.8, 4) is 28.7 Å². The molecule has 0 bridgehead atoms. The summed E-state index contributed by atoms with van der Waals surface area (Å²) in [6.45, 7) is 0. The summed E-state index contributed by atoms with van der Waals surface area (Å²) in [7, 11) is 0. The zero-order valence-electron chi connectivity index (χ0n) is 13.9. The minimum absolute atomic E-state index is 0.0886. The third kappa shape index (κ3) is 4.85. The predicted octanol–water partition coefficient (Wildman–Crippen LogP) is 4.23. The van der Waals surface area contributed by atoms with Gasteiger partial charge in [0.15, 0.2) is 5.76 Å². The van der Waals surface area contributed by atoms with E-state index in [-0.39, 0.29) is 17.2 Å². The first-order valence-corrected chi connectivity index (χ1v) is 7.44. The van der Waals surface area contributed by atoms with Crippen molar-refractivity contribution in [1.29, 1.82) is 5.26 Å². The number of carboxylic acid groups (broad SMARTS) is 1. The quantitative estimate of drug-likeness (QED) is 0.630. The summed E-state index contributed by atoms with van der Waals surface area (Å²) in [5.41, 5.74) is 7.65. The van der Waals surface area contributed by atoms with Crippen LogP contribution in [0.5, 0.6) is 0 Å². The Hall–Kier alpha value is -3.87. The van der Waals surface area contributed by atoms with Gasteiger partial charge in [0.05, 0.1) is 6.26 Å². The average Bonchev–Trinajstić information content (AvgIpc) is 3.15. The fourth-order valence-corrected chi connectivity index (χ4v) is 2.12. The van der Waals surface area contributed by atoms with E-state index in [4.69, 9.17) is 20.1 Å². The molecule has 0 atom stereocenters.